The number of anilines is 1. The predicted octanol–water partition coefficient (Wildman–Crippen LogP) is 2.27. The van der Waals surface area contributed by atoms with Gasteiger partial charge in [-0.2, -0.15) is 0 Å². The highest BCUT2D eigenvalue weighted by molar-refractivity contribution is 5.95. The van der Waals surface area contributed by atoms with E-state index in [2.05, 4.69) is 15.3 Å². The van der Waals surface area contributed by atoms with Crippen molar-refractivity contribution in [3.63, 3.8) is 0 Å². The summed E-state index contributed by atoms with van der Waals surface area (Å²) in [5, 5.41) is 2.99. The Morgan fingerprint density at radius 2 is 2.08 bits per heavy atom. The Hall–Kier alpha value is -2.83. The fraction of sp³-hybridized carbons (Fsp3) is 0.389. The lowest BCUT2D eigenvalue weighted by Gasteiger charge is -2.25. The third-order valence-corrected chi connectivity index (χ3v) is 4.55. The van der Waals surface area contributed by atoms with E-state index in [0.717, 1.165) is 18.5 Å². The fourth-order valence-electron chi connectivity index (χ4n) is 3.32. The van der Waals surface area contributed by atoms with E-state index in [1.54, 1.807) is 37.6 Å². The summed E-state index contributed by atoms with van der Waals surface area (Å²) in [5.41, 5.74) is 1.42. The number of ether oxygens (including phenoxy) is 2. The number of rotatable bonds is 3. The molecule has 7 nitrogen and oxygen atoms in total. The molecule has 1 atom stereocenters. The largest absolute Gasteiger partial charge is 0.486 e. The van der Waals surface area contributed by atoms with Crippen molar-refractivity contribution in [2.75, 3.05) is 32.1 Å². The summed E-state index contributed by atoms with van der Waals surface area (Å²) in [6, 6.07) is 5.30. The minimum atomic E-state index is -0.0542. The molecule has 25 heavy (non-hydrogen) atoms. The van der Waals surface area contributed by atoms with Gasteiger partial charge in [-0.25, -0.2) is 4.98 Å². The number of amides is 1. The normalized spacial score (nSPS) is 18.9. The van der Waals surface area contributed by atoms with Gasteiger partial charge in [0, 0.05) is 19.2 Å². The van der Waals surface area contributed by atoms with E-state index in [0.29, 0.717) is 42.6 Å². The molecule has 0 saturated carbocycles. The van der Waals surface area contributed by atoms with Gasteiger partial charge in [0.15, 0.2) is 11.5 Å². The highest BCUT2D eigenvalue weighted by Crippen LogP contribution is 2.35. The van der Waals surface area contributed by atoms with Gasteiger partial charge in [-0.3, -0.25) is 9.78 Å². The lowest BCUT2D eigenvalue weighted by molar-refractivity contribution is 0.0731. The van der Waals surface area contributed by atoms with Crippen LogP contribution in [0.3, 0.4) is 0 Å². The van der Waals surface area contributed by atoms with Crippen molar-refractivity contribution in [2.45, 2.75) is 18.9 Å². The second-order valence-electron chi connectivity index (χ2n) is 6.09. The van der Waals surface area contributed by atoms with Gasteiger partial charge in [-0.05, 0) is 31.0 Å². The van der Waals surface area contributed by atoms with Crippen molar-refractivity contribution >= 4 is 11.7 Å². The number of hydrogen-bond acceptors (Lipinski definition) is 6. The van der Waals surface area contributed by atoms with Crippen molar-refractivity contribution in [3.8, 4) is 11.5 Å². The number of aromatic nitrogens is 2. The van der Waals surface area contributed by atoms with Gasteiger partial charge in [-0.1, -0.05) is 0 Å². The zero-order valence-electron chi connectivity index (χ0n) is 14.1. The Morgan fingerprint density at radius 3 is 2.92 bits per heavy atom. The van der Waals surface area contributed by atoms with Crippen LogP contribution in [0.5, 0.6) is 11.5 Å². The fourth-order valence-corrected chi connectivity index (χ4v) is 3.32. The van der Waals surface area contributed by atoms with Crippen LogP contribution in [0.1, 0.15) is 34.9 Å². The molecule has 0 radical (unpaired) electrons. The number of likely N-dealkylation sites (tertiary alicyclic amines) is 1. The number of benzene rings is 1. The monoisotopic (exact) mass is 340 g/mol. The molecular formula is C18H20N4O3. The van der Waals surface area contributed by atoms with Gasteiger partial charge in [-0.15, -0.1) is 0 Å². The van der Waals surface area contributed by atoms with Crippen molar-refractivity contribution in [3.05, 3.63) is 41.9 Å². The quantitative estimate of drug-likeness (QED) is 0.924. The molecule has 2 aromatic rings. The van der Waals surface area contributed by atoms with Crippen LogP contribution < -0.4 is 14.8 Å². The molecule has 7 heteroatoms. The van der Waals surface area contributed by atoms with E-state index in [9.17, 15) is 4.79 Å². The lowest BCUT2D eigenvalue weighted by Crippen LogP contribution is -2.31. The maximum absolute atomic E-state index is 13.0. The lowest BCUT2D eigenvalue weighted by atomic mass is 10.1. The average molecular weight is 340 g/mol. The third-order valence-electron chi connectivity index (χ3n) is 4.55. The first-order chi connectivity index (χ1) is 12.3. The van der Waals surface area contributed by atoms with Gasteiger partial charge in [0.05, 0.1) is 24.1 Å². The zero-order chi connectivity index (χ0) is 17.2. The van der Waals surface area contributed by atoms with Gasteiger partial charge in [0.25, 0.3) is 5.91 Å². The Labute approximate surface area is 146 Å². The van der Waals surface area contributed by atoms with Crippen LogP contribution in [-0.2, 0) is 0 Å². The standard InChI is InChI=1S/C18H20N4O3/c1-19-17-11-20-10-13(21-17)14-3-2-6-22(14)18(23)12-4-5-15-16(9-12)25-8-7-24-15/h4-5,9-11,14H,2-3,6-8H2,1H3,(H,19,21)/t14-/m1/s1. The molecule has 2 aliphatic heterocycles. The Balaban J connectivity index is 1.60. The molecule has 130 valence electrons. The van der Waals surface area contributed by atoms with Gasteiger partial charge in [0.1, 0.15) is 19.0 Å². The van der Waals surface area contributed by atoms with Crippen LogP contribution in [-0.4, -0.2) is 47.6 Å². The first kappa shape index (κ1) is 15.7. The van der Waals surface area contributed by atoms with Crippen LogP contribution in [0.2, 0.25) is 0 Å². The average Bonchev–Trinajstić information content (AvgIpc) is 3.17. The van der Waals surface area contributed by atoms with Crippen molar-refractivity contribution < 1.29 is 14.3 Å². The SMILES string of the molecule is CNc1cncc([C@H]2CCCN2C(=O)c2ccc3c(c2)OCCO3)n1. The van der Waals surface area contributed by atoms with Crippen LogP contribution in [0.15, 0.2) is 30.6 Å². The molecule has 1 saturated heterocycles. The molecule has 0 bridgehead atoms. The van der Waals surface area contributed by atoms with E-state index in [4.69, 9.17) is 9.47 Å². The Bertz CT molecular complexity index is 796. The molecule has 0 unspecified atom stereocenters. The maximum Gasteiger partial charge on any atom is 0.254 e. The van der Waals surface area contributed by atoms with Gasteiger partial charge >= 0.3 is 0 Å². The Morgan fingerprint density at radius 1 is 1.24 bits per heavy atom. The maximum atomic E-state index is 13.0. The van der Waals surface area contributed by atoms with Crippen LogP contribution in [0.25, 0.3) is 0 Å². The predicted molar refractivity (Wildman–Crippen MR) is 92.0 cm³/mol. The van der Waals surface area contributed by atoms with E-state index in [1.165, 1.54) is 0 Å². The number of nitrogens with zero attached hydrogens (tertiary/aromatic N) is 3. The number of fused-ring (bicyclic) bond motifs is 1. The van der Waals surface area contributed by atoms with Gasteiger partial charge in [0.2, 0.25) is 0 Å². The molecule has 1 N–H and O–H groups in total. The zero-order valence-corrected chi connectivity index (χ0v) is 14.1. The molecule has 0 spiro atoms. The van der Waals surface area contributed by atoms with E-state index >= 15 is 0 Å². The molecule has 0 aliphatic carbocycles. The molecule has 4 rings (SSSR count). The van der Waals surface area contributed by atoms with E-state index < -0.39 is 0 Å². The third kappa shape index (κ3) is 2.97. The highest BCUT2D eigenvalue weighted by atomic mass is 16.6. The number of carbonyl (C=O) groups excluding carboxylic acids is 1. The minimum absolute atomic E-state index is 0.0175. The number of nitrogens with one attached hydrogen (secondary N) is 1. The van der Waals surface area contributed by atoms with E-state index in [-0.39, 0.29) is 11.9 Å². The minimum Gasteiger partial charge on any atom is -0.486 e. The molecule has 2 aliphatic rings. The first-order valence-electron chi connectivity index (χ1n) is 8.46. The highest BCUT2D eigenvalue weighted by Gasteiger charge is 2.32. The van der Waals surface area contributed by atoms with Crippen molar-refractivity contribution in [2.24, 2.45) is 0 Å². The smallest absolute Gasteiger partial charge is 0.254 e. The molecular weight excluding hydrogens is 320 g/mol. The van der Waals surface area contributed by atoms with E-state index in [1.807, 2.05) is 4.90 Å². The second kappa shape index (κ2) is 6.58. The van der Waals surface area contributed by atoms with Crippen LogP contribution in [0.4, 0.5) is 5.82 Å². The van der Waals surface area contributed by atoms with Crippen LogP contribution >= 0.6 is 0 Å². The molecule has 3 heterocycles. The summed E-state index contributed by atoms with van der Waals surface area (Å²) in [6.45, 7) is 1.75. The molecule has 1 fully saturated rings. The number of carbonyl (C=O) groups is 1. The number of hydrogen-bond donors (Lipinski definition) is 1. The summed E-state index contributed by atoms with van der Waals surface area (Å²) >= 11 is 0. The Kier molecular flexibility index (Phi) is 4.13. The van der Waals surface area contributed by atoms with Gasteiger partial charge < -0.3 is 19.7 Å². The van der Waals surface area contributed by atoms with Crippen molar-refractivity contribution in [1.29, 1.82) is 0 Å². The summed E-state index contributed by atoms with van der Waals surface area (Å²) in [6.07, 6.45) is 5.25. The van der Waals surface area contributed by atoms with Crippen molar-refractivity contribution in [1.82, 2.24) is 14.9 Å². The molecule has 1 aromatic carbocycles. The summed E-state index contributed by atoms with van der Waals surface area (Å²) in [7, 11) is 1.81. The van der Waals surface area contributed by atoms with Crippen LogP contribution in [0, 0.1) is 0 Å². The summed E-state index contributed by atoms with van der Waals surface area (Å²) in [5.74, 6) is 2.01. The summed E-state index contributed by atoms with van der Waals surface area (Å²) in [4.78, 5) is 23.7. The topological polar surface area (TPSA) is 76.6 Å². The summed E-state index contributed by atoms with van der Waals surface area (Å²) < 4.78 is 11.1. The first-order valence-corrected chi connectivity index (χ1v) is 8.46. The molecule has 1 amide bonds. The molecule has 1 aromatic heterocycles. The second-order valence-corrected chi connectivity index (χ2v) is 6.09.